The second kappa shape index (κ2) is 8.78. The van der Waals surface area contributed by atoms with Gasteiger partial charge in [0.2, 0.25) is 5.91 Å². The van der Waals surface area contributed by atoms with Crippen molar-refractivity contribution < 1.29 is 19.4 Å². The van der Waals surface area contributed by atoms with Crippen LogP contribution in [0.5, 0.6) is 0 Å². The van der Waals surface area contributed by atoms with Gasteiger partial charge in [-0.15, -0.1) is 0 Å². The van der Waals surface area contributed by atoms with Crippen molar-refractivity contribution in [3.63, 3.8) is 0 Å². The fraction of sp³-hybridized carbons (Fsp3) is 0.500. The highest BCUT2D eigenvalue weighted by molar-refractivity contribution is 5.85. The lowest BCUT2D eigenvalue weighted by molar-refractivity contribution is -0.143. The van der Waals surface area contributed by atoms with E-state index in [2.05, 4.69) is 10.4 Å². The van der Waals surface area contributed by atoms with E-state index in [1.54, 1.807) is 0 Å². The summed E-state index contributed by atoms with van der Waals surface area (Å²) in [5, 5.41) is 16.8. The first-order chi connectivity index (χ1) is 13.8. The third-order valence-corrected chi connectivity index (χ3v) is 5.38. The van der Waals surface area contributed by atoms with Crippen LogP contribution in [0.1, 0.15) is 49.7 Å². The molecule has 2 heterocycles. The molecule has 7 nitrogen and oxygen atoms in total. The number of carboxylic acid groups (broad SMARTS) is 1. The molecule has 1 aliphatic heterocycles. The van der Waals surface area contributed by atoms with Gasteiger partial charge >= 0.3 is 5.97 Å². The molecule has 3 rings (SSSR count). The van der Waals surface area contributed by atoms with Gasteiger partial charge in [-0.1, -0.05) is 32.0 Å². The fourth-order valence-electron chi connectivity index (χ4n) is 4.00. The number of ether oxygens (including phenoxy) is 1. The first kappa shape index (κ1) is 21.0. The highest BCUT2D eigenvalue weighted by atomic mass is 16.5. The number of aryl methyl sites for hydroxylation is 1. The number of carbonyl (C=O) groups excluding carboxylic acids is 1. The summed E-state index contributed by atoms with van der Waals surface area (Å²) in [6.07, 6.45) is 0.518. The van der Waals surface area contributed by atoms with Crippen LogP contribution < -0.4 is 5.32 Å². The molecule has 1 amide bonds. The summed E-state index contributed by atoms with van der Waals surface area (Å²) in [7, 11) is 0. The number of rotatable bonds is 7. The number of hydrogen-bond donors (Lipinski definition) is 2. The molecule has 0 unspecified atom stereocenters. The number of nitrogens with one attached hydrogen (secondary N) is 1. The maximum atomic E-state index is 12.9. The molecule has 29 heavy (non-hydrogen) atoms. The predicted octanol–water partition coefficient (Wildman–Crippen LogP) is 3.18. The van der Waals surface area contributed by atoms with Crippen molar-refractivity contribution in [3.8, 4) is 5.69 Å². The van der Waals surface area contributed by atoms with Gasteiger partial charge in [0.05, 0.1) is 23.4 Å². The molecule has 0 bridgehead atoms. The molecule has 0 aliphatic carbocycles. The molecule has 7 heteroatoms. The average molecular weight is 399 g/mol. The molecule has 1 fully saturated rings. The number of carbonyl (C=O) groups is 2. The van der Waals surface area contributed by atoms with E-state index in [9.17, 15) is 14.7 Å². The summed E-state index contributed by atoms with van der Waals surface area (Å²) < 4.78 is 7.81. The minimum Gasteiger partial charge on any atom is -0.480 e. The summed E-state index contributed by atoms with van der Waals surface area (Å²) in [6, 6.07) is 8.92. The predicted molar refractivity (Wildman–Crippen MR) is 109 cm³/mol. The van der Waals surface area contributed by atoms with E-state index in [0.717, 1.165) is 22.6 Å². The quantitative estimate of drug-likeness (QED) is 0.746. The van der Waals surface area contributed by atoms with Crippen molar-refractivity contribution in [2.75, 3.05) is 6.61 Å². The van der Waals surface area contributed by atoms with Gasteiger partial charge in [-0.3, -0.25) is 4.79 Å². The standard InChI is InChI=1S/C22H29N3O4/c1-13(2)12-18(22(27)28)23-21(26)17-10-11-29-20(17)19-14(3)24-25(15(19)4)16-8-6-5-7-9-16/h5-9,13,17-18,20H,10-12H2,1-4H3,(H,23,26)(H,27,28)/t17-,18+,20-/m0/s1. The van der Waals surface area contributed by atoms with Crippen LogP contribution in [0.2, 0.25) is 0 Å². The number of carboxylic acids is 1. The van der Waals surface area contributed by atoms with Gasteiger partial charge in [-0.2, -0.15) is 5.10 Å². The normalized spacial score (nSPS) is 20.0. The molecule has 2 aromatic rings. The van der Waals surface area contributed by atoms with Crippen molar-refractivity contribution in [1.29, 1.82) is 0 Å². The van der Waals surface area contributed by atoms with Crippen LogP contribution in [0.4, 0.5) is 0 Å². The van der Waals surface area contributed by atoms with E-state index in [1.165, 1.54) is 0 Å². The molecule has 156 valence electrons. The molecule has 1 aromatic heterocycles. The minimum atomic E-state index is -1.01. The average Bonchev–Trinajstić information content (AvgIpc) is 3.25. The highest BCUT2D eigenvalue weighted by Gasteiger charge is 2.39. The van der Waals surface area contributed by atoms with E-state index < -0.39 is 24.0 Å². The molecule has 0 spiro atoms. The number of aromatic nitrogens is 2. The maximum absolute atomic E-state index is 12.9. The Bertz CT molecular complexity index is 876. The number of nitrogens with zero attached hydrogens (tertiary/aromatic N) is 2. The smallest absolute Gasteiger partial charge is 0.326 e. The molecule has 1 aromatic carbocycles. The van der Waals surface area contributed by atoms with Crippen LogP contribution in [0.15, 0.2) is 30.3 Å². The van der Waals surface area contributed by atoms with Gasteiger partial charge in [-0.05, 0) is 44.7 Å². The summed E-state index contributed by atoms with van der Waals surface area (Å²) in [5.41, 5.74) is 3.59. The zero-order valence-corrected chi connectivity index (χ0v) is 17.4. The number of amides is 1. The third kappa shape index (κ3) is 4.50. The SMILES string of the molecule is Cc1nn(-c2ccccc2)c(C)c1[C@H]1OCC[C@@H]1C(=O)N[C@H](CC(C)C)C(=O)O. The molecule has 1 aliphatic rings. The van der Waals surface area contributed by atoms with E-state index >= 15 is 0 Å². The minimum absolute atomic E-state index is 0.167. The Labute approximate surface area is 171 Å². The Morgan fingerprint density at radius 2 is 1.97 bits per heavy atom. The number of para-hydroxylation sites is 1. The summed E-state index contributed by atoms with van der Waals surface area (Å²) in [4.78, 5) is 24.5. The van der Waals surface area contributed by atoms with Crippen LogP contribution in [-0.2, 0) is 14.3 Å². The molecule has 1 saturated heterocycles. The molecule has 3 atom stereocenters. The Hall–Kier alpha value is -2.67. The Morgan fingerprint density at radius 1 is 1.28 bits per heavy atom. The van der Waals surface area contributed by atoms with Gasteiger partial charge in [0.25, 0.3) is 0 Å². The summed E-state index contributed by atoms with van der Waals surface area (Å²) >= 11 is 0. The van der Waals surface area contributed by atoms with Crippen LogP contribution in [0.25, 0.3) is 5.69 Å². The van der Waals surface area contributed by atoms with E-state index in [-0.39, 0.29) is 11.8 Å². The lowest BCUT2D eigenvalue weighted by Crippen LogP contribution is -2.45. The monoisotopic (exact) mass is 399 g/mol. The number of aliphatic carboxylic acids is 1. The number of benzene rings is 1. The first-order valence-electron chi connectivity index (χ1n) is 10.1. The van der Waals surface area contributed by atoms with E-state index in [4.69, 9.17) is 4.74 Å². The van der Waals surface area contributed by atoms with E-state index in [1.807, 2.05) is 62.7 Å². The van der Waals surface area contributed by atoms with Crippen molar-refractivity contribution in [2.45, 2.75) is 52.7 Å². The summed E-state index contributed by atoms with van der Waals surface area (Å²) in [5.74, 6) is -1.55. The number of hydrogen-bond acceptors (Lipinski definition) is 4. The van der Waals surface area contributed by atoms with Gasteiger partial charge in [0.15, 0.2) is 0 Å². The van der Waals surface area contributed by atoms with Crippen LogP contribution in [-0.4, -0.2) is 39.4 Å². The zero-order chi connectivity index (χ0) is 21.1. The molecular formula is C22H29N3O4. The topological polar surface area (TPSA) is 93.5 Å². The van der Waals surface area contributed by atoms with Crippen molar-refractivity contribution in [3.05, 3.63) is 47.3 Å². The maximum Gasteiger partial charge on any atom is 0.326 e. The largest absolute Gasteiger partial charge is 0.480 e. The molecule has 0 radical (unpaired) electrons. The van der Waals surface area contributed by atoms with Gasteiger partial charge in [0.1, 0.15) is 6.04 Å². The van der Waals surface area contributed by atoms with Crippen LogP contribution >= 0.6 is 0 Å². The molecule has 0 saturated carbocycles. The van der Waals surface area contributed by atoms with Crippen molar-refractivity contribution >= 4 is 11.9 Å². The summed E-state index contributed by atoms with van der Waals surface area (Å²) in [6.45, 7) is 8.22. The second-order valence-corrected chi connectivity index (χ2v) is 8.05. The van der Waals surface area contributed by atoms with Crippen molar-refractivity contribution in [2.24, 2.45) is 11.8 Å². The first-order valence-corrected chi connectivity index (χ1v) is 10.1. The Kier molecular flexibility index (Phi) is 6.37. The van der Waals surface area contributed by atoms with Gasteiger partial charge in [-0.25, -0.2) is 9.48 Å². The second-order valence-electron chi connectivity index (χ2n) is 8.05. The highest BCUT2D eigenvalue weighted by Crippen LogP contribution is 2.38. The van der Waals surface area contributed by atoms with Crippen molar-refractivity contribution in [1.82, 2.24) is 15.1 Å². The van der Waals surface area contributed by atoms with Gasteiger partial charge in [0, 0.05) is 17.9 Å². The Balaban J connectivity index is 1.85. The fourth-order valence-corrected chi connectivity index (χ4v) is 4.00. The van der Waals surface area contributed by atoms with Crippen LogP contribution in [0, 0.1) is 25.7 Å². The van der Waals surface area contributed by atoms with Gasteiger partial charge < -0.3 is 15.2 Å². The lowest BCUT2D eigenvalue weighted by atomic mass is 9.92. The third-order valence-electron chi connectivity index (χ3n) is 5.38. The van der Waals surface area contributed by atoms with E-state index in [0.29, 0.717) is 19.4 Å². The Morgan fingerprint density at radius 3 is 2.59 bits per heavy atom. The molecular weight excluding hydrogens is 370 g/mol. The lowest BCUT2D eigenvalue weighted by Gasteiger charge is -2.22. The molecule has 2 N–H and O–H groups in total. The van der Waals surface area contributed by atoms with Crippen LogP contribution in [0.3, 0.4) is 0 Å². The zero-order valence-electron chi connectivity index (χ0n) is 17.4.